The summed E-state index contributed by atoms with van der Waals surface area (Å²) in [5.41, 5.74) is 0.791. The fraction of sp³-hybridized carbons (Fsp3) is 0.273. The van der Waals surface area contributed by atoms with Gasteiger partial charge in [0.2, 0.25) is 11.2 Å². The molecule has 2 aromatic rings. The predicted molar refractivity (Wildman–Crippen MR) is 62.4 cm³/mol. The van der Waals surface area contributed by atoms with E-state index in [1.165, 1.54) is 0 Å². The summed E-state index contributed by atoms with van der Waals surface area (Å²) in [4.78, 5) is 8.01. The van der Waals surface area contributed by atoms with Crippen molar-refractivity contribution in [1.82, 2.24) is 9.97 Å². The molecule has 0 bridgehead atoms. The van der Waals surface area contributed by atoms with Crippen LogP contribution in [-0.2, 0) is 0 Å². The van der Waals surface area contributed by atoms with Gasteiger partial charge in [-0.15, -0.1) is 0 Å². The first-order valence-electron chi connectivity index (χ1n) is 4.77. The molecule has 1 heterocycles. The third-order valence-corrected chi connectivity index (χ3v) is 1.90. The van der Waals surface area contributed by atoms with Crippen LogP contribution in [0, 0.1) is 0 Å². The fourth-order valence-corrected chi connectivity index (χ4v) is 1.34. The van der Waals surface area contributed by atoms with E-state index in [4.69, 9.17) is 16.3 Å². The molecule has 0 saturated carbocycles. The highest BCUT2D eigenvalue weighted by atomic mass is 35.5. The van der Waals surface area contributed by atoms with Crippen LogP contribution in [-0.4, -0.2) is 17.1 Å². The molecule has 0 aliphatic heterocycles. The topological polar surface area (TPSA) is 35.0 Å². The summed E-state index contributed by atoms with van der Waals surface area (Å²) in [7, 11) is 1.56. The van der Waals surface area contributed by atoms with E-state index in [9.17, 15) is 0 Å². The van der Waals surface area contributed by atoms with Crippen LogP contribution in [0.15, 0.2) is 24.3 Å². The molecule has 4 heteroatoms. The van der Waals surface area contributed by atoms with E-state index in [1.54, 1.807) is 7.11 Å². The Kier molecular flexibility index (Phi) is 4.31. The highest BCUT2D eigenvalue weighted by Crippen LogP contribution is 2.22. The molecule has 1 aromatic carbocycles. The van der Waals surface area contributed by atoms with E-state index in [-0.39, 0.29) is 5.28 Å². The second kappa shape index (κ2) is 5.51. The standard InChI is InChI=1S/C9H7ClN2O.C2H6/c1-13-8-6-4-2-3-5-7(6)11-9(10)12-8;1-2/h2-5H,1H3;1-2H3. The molecule has 0 saturated heterocycles. The lowest BCUT2D eigenvalue weighted by molar-refractivity contribution is 0.402. The molecular weight excluding hydrogens is 212 g/mol. The van der Waals surface area contributed by atoms with E-state index in [0.717, 1.165) is 10.9 Å². The van der Waals surface area contributed by atoms with E-state index in [0.29, 0.717) is 5.88 Å². The second-order valence-corrected chi connectivity index (χ2v) is 2.86. The molecule has 0 unspecified atom stereocenters. The average molecular weight is 225 g/mol. The summed E-state index contributed by atoms with van der Waals surface area (Å²) in [6, 6.07) is 7.56. The highest BCUT2D eigenvalue weighted by Gasteiger charge is 2.04. The van der Waals surface area contributed by atoms with Gasteiger partial charge in [-0.1, -0.05) is 26.0 Å². The van der Waals surface area contributed by atoms with Crippen molar-refractivity contribution in [2.75, 3.05) is 7.11 Å². The van der Waals surface area contributed by atoms with Gasteiger partial charge in [0.15, 0.2) is 0 Å². The van der Waals surface area contributed by atoms with Gasteiger partial charge < -0.3 is 4.74 Å². The number of hydrogen-bond donors (Lipinski definition) is 0. The zero-order valence-corrected chi connectivity index (χ0v) is 9.75. The zero-order chi connectivity index (χ0) is 11.3. The van der Waals surface area contributed by atoms with Crippen LogP contribution in [0.1, 0.15) is 13.8 Å². The molecule has 1 aromatic heterocycles. The maximum atomic E-state index is 5.70. The predicted octanol–water partition coefficient (Wildman–Crippen LogP) is 3.32. The number of para-hydroxylation sites is 1. The number of halogens is 1. The van der Waals surface area contributed by atoms with Crippen molar-refractivity contribution in [2.24, 2.45) is 0 Å². The van der Waals surface area contributed by atoms with Crippen molar-refractivity contribution in [3.8, 4) is 5.88 Å². The minimum absolute atomic E-state index is 0.204. The van der Waals surface area contributed by atoms with Gasteiger partial charge in [-0.25, -0.2) is 4.98 Å². The van der Waals surface area contributed by atoms with Crippen LogP contribution in [0.2, 0.25) is 5.28 Å². The molecule has 2 rings (SSSR count). The monoisotopic (exact) mass is 224 g/mol. The Morgan fingerprint density at radius 2 is 1.80 bits per heavy atom. The van der Waals surface area contributed by atoms with Gasteiger partial charge in [-0.3, -0.25) is 0 Å². The van der Waals surface area contributed by atoms with Crippen molar-refractivity contribution < 1.29 is 4.74 Å². The van der Waals surface area contributed by atoms with Crippen LogP contribution in [0.3, 0.4) is 0 Å². The normalized spacial score (nSPS) is 9.33. The summed E-state index contributed by atoms with van der Waals surface area (Å²) in [6.07, 6.45) is 0. The van der Waals surface area contributed by atoms with Crippen LogP contribution < -0.4 is 4.74 Å². The molecule has 15 heavy (non-hydrogen) atoms. The molecule has 0 aliphatic rings. The SMILES string of the molecule is CC.COc1nc(Cl)nc2ccccc12. The Hall–Kier alpha value is -1.35. The van der Waals surface area contributed by atoms with E-state index >= 15 is 0 Å². The Balaban J connectivity index is 0.000000531. The van der Waals surface area contributed by atoms with E-state index in [1.807, 2.05) is 38.1 Å². The lowest BCUT2D eigenvalue weighted by Gasteiger charge is -2.02. The third kappa shape index (κ3) is 2.57. The number of hydrogen-bond acceptors (Lipinski definition) is 3. The maximum Gasteiger partial charge on any atom is 0.226 e. The van der Waals surface area contributed by atoms with Gasteiger partial charge >= 0.3 is 0 Å². The highest BCUT2D eigenvalue weighted by molar-refractivity contribution is 6.28. The largest absolute Gasteiger partial charge is 0.480 e. The Morgan fingerprint density at radius 3 is 2.47 bits per heavy atom. The summed E-state index contributed by atoms with van der Waals surface area (Å²) in [5, 5.41) is 1.07. The molecule has 0 N–H and O–H groups in total. The number of fused-ring (bicyclic) bond motifs is 1. The van der Waals surface area contributed by atoms with Gasteiger partial charge in [0.1, 0.15) is 0 Å². The number of methoxy groups -OCH3 is 1. The molecule has 0 atom stereocenters. The molecule has 0 aliphatic carbocycles. The van der Waals surface area contributed by atoms with Crippen molar-refractivity contribution in [3.05, 3.63) is 29.5 Å². The van der Waals surface area contributed by atoms with Crippen molar-refractivity contribution >= 4 is 22.5 Å². The van der Waals surface area contributed by atoms with Gasteiger partial charge in [0.25, 0.3) is 0 Å². The van der Waals surface area contributed by atoms with Crippen molar-refractivity contribution in [3.63, 3.8) is 0 Å². The second-order valence-electron chi connectivity index (χ2n) is 2.52. The summed E-state index contributed by atoms with van der Waals surface area (Å²) < 4.78 is 5.07. The number of rotatable bonds is 1. The van der Waals surface area contributed by atoms with Crippen LogP contribution >= 0.6 is 11.6 Å². The van der Waals surface area contributed by atoms with Crippen molar-refractivity contribution in [2.45, 2.75) is 13.8 Å². The maximum absolute atomic E-state index is 5.70. The van der Waals surface area contributed by atoms with Crippen LogP contribution in [0.5, 0.6) is 5.88 Å². The summed E-state index contributed by atoms with van der Waals surface area (Å²) in [5.74, 6) is 0.510. The zero-order valence-electron chi connectivity index (χ0n) is 8.99. The first-order chi connectivity index (χ1) is 7.31. The van der Waals surface area contributed by atoms with E-state index in [2.05, 4.69) is 9.97 Å². The number of aromatic nitrogens is 2. The first-order valence-corrected chi connectivity index (χ1v) is 5.15. The average Bonchev–Trinajstić information content (AvgIpc) is 2.30. The molecule has 0 fully saturated rings. The number of ether oxygens (including phenoxy) is 1. The number of nitrogens with zero attached hydrogens (tertiary/aromatic N) is 2. The quantitative estimate of drug-likeness (QED) is 0.697. The smallest absolute Gasteiger partial charge is 0.226 e. The Labute approximate surface area is 94.1 Å². The Morgan fingerprint density at radius 1 is 1.13 bits per heavy atom. The minimum atomic E-state index is 0.204. The van der Waals surface area contributed by atoms with Crippen molar-refractivity contribution in [1.29, 1.82) is 0 Å². The minimum Gasteiger partial charge on any atom is -0.480 e. The molecular formula is C11H13ClN2O. The fourth-order valence-electron chi connectivity index (χ4n) is 1.18. The number of benzene rings is 1. The molecule has 80 valence electrons. The van der Waals surface area contributed by atoms with Crippen LogP contribution in [0.4, 0.5) is 0 Å². The van der Waals surface area contributed by atoms with Gasteiger partial charge in [-0.2, -0.15) is 4.98 Å². The van der Waals surface area contributed by atoms with Gasteiger partial charge in [0.05, 0.1) is 18.0 Å². The summed E-state index contributed by atoms with van der Waals surface area (Å²) in [6.45, 7) is 4.00. The molecule has 0 radical (unpaired) electrons. The first kappa shape index (κ1) is 11.7. The van der Waals surface area contributed by atoms with Gasteiger partial charge in [-0.05, 0) is 23.7 Å². The van der Waals surface area contributed by atoms with Crippen LogP contribution in [0.25, 0.3) is 10.9 Å². The van der Waals surface area contributed by atoms with Gasteiger partial charge in [0, 0.05) is 0 Å². The lowest BCUT2D eigenvalue weighted by Crippen LogP contribution is -1.92. The molecule has 3 nitrogen and oxygen atoms in total. The van der Waals surface area contributed by atoms with E-state index < -0.39 is 0 Å². The summed E-state index contributed by atoms with van der Waals surface area (Å²) >= 11 is 5.70. The lowest BCUT2D eigenvalue weighted by atomic mass is 10.2. The molecule has 0 amide bonds. The third-order valence-electron chi connectivity index (χ3n) is 1.73. The Bertz CT molecular complexity index is 446. The molecule has 0 spiro atoms.